The van der Waals surface area contributed by atoms with Crippen LogP contribution in [0.15, 0.2) is 33.9 Å². The van der Waals surface area contributed by atoms with E-state index >= 15 is 0 Å². The summed E-state index contributed by atoms with van der Waals surface area (Å²) in [5, 5.41) is 7.77. The van der Waals surface area contributed by atoms with Crippen molar-refractivity contribution in [1.29, 1.82) is 0 Å². The number of aromatic nitrogens is 2. The fraction of sp³-hybridized carbons (Fsp3) is 0.250. The third kappa shape index (κ3) is 3.40. The molecule has 94 valence electrons. The van der Waals surface area contributed by atoms with Crippen LogP contribution in [0, 0.1) is 12.7 Å². The van der Waals surface area contributed by atoms with E-state index in [-0.39, 0.29) is 23.8 Å². The van der Waals surface area contributed by atoms with Gasteiger partial charge in [-0.05, 0) is 11.6 Å². The number of hydrogen-bond acceptors (Lipinski definition) is 5. The molecule has 1 aromatic heterocycles. The Morgan fingerprint density at radius 2 is 2.17 bits per heavy atom. The molecule has 0 fully saturated rings. The van der Waals surface area contributed by atoms with Gasteiger partial charge in [0.25, 0.3) is 5.22 Å². The topological polar surface area (TPSA) is 56.0 Å². The lowest BCUT2D eigenvalue weighted by Gasteiger charge is -2.01. The van der Waals surface area contributed by atoms with Gasteiger partial charge < -0.3 is 4.42 Å². The quantitative estimate of drug-likeness (QED) is 0.778. The molecular weight excluding hydrogens is 255 g/mol. The molecule has 0 radical (unpaired) electrons. The Morgan fingerprint density at radius 3 is 2.83 bits per heavy atom. The Hall–Kier alpha value is -1.69. The normalized spacial score (nSPS) is 10.6. The van der Waals surface area contributed by atoms with Gasteiger partial charge in [-0.3, -0.25) is 4.79 Å². The van der Waals surface area contributed by atoms with E-state index in [0.717, 1.165) is 11.8 Å². The summed E-state index contributed by atoms with van der Waals surface area (Å²) < 4.78 is 18.4. The van der Waals surface area contributed by atoms with Gasteiger partial charge in [-0.15, -0.1) is 10.2 Å². The van der Waals surface area contributed by atoms with E-state index in [0.29, 0.717) is 16.7 Å². The average Bonchev–Trinajstić information content (AvgIpc) is 2.76. The summed E-state index contributed by atoms with van der Waals surface area (Å²) in [6.45, 7) is 1.68. The van der Waals surface area contributed by atoms with Crippen molar-refractivity contribution in [3.63, 3.8) is 0 Å². The fourth-order valence-electron chi connectivity index (χ4n) is 1.38. The van der Waals surface area contributed by atoms with Crippen LogP contribution in [0.2, 0.25) is 0 Å². The van der Waals surface area contributed by atoms with Gasteiger partial charge in [0.05, 0.1) is 5.75 Å². The van der Waals surface area contributed by atoms with E-state index in [1.54, 1.807) is 25.1 Å². The van der Waals surface area contributed by atoms with Crippen molar-refractivity contribution in [2.45, 2.75) is 18.6 Å². The molecule has 0 bridgehead atoms. The summed E-state index contributed by atoms with van der Waals surface area (Å²) in [6.07, 6.45) is 0.0762. The summed E-state index contributed by atoms with van der Waals surface area (Å²) >= 11 is 1.16. The first-order valence-electron chi connectivity index (χ1n) is 5.33. The third-order valence-corrected chi connectivity index (χ3v) is 3.09. The molecule has 0 amide bonds. The molecule has 0 aliphatic heterocycles. The van der Waals surface area contributed by atoms with Gasteiger partial charge in [-0.25, -0.2) is 4.39 Å². The van der Waals surface area contributed by atoms with Crippen molar-refractivity contribution >= 4 is 17.5 Å². The monoisotopic (exact) mass is 266 g/mol. The number of aryl methyl sites for hydroxylation is 1. The largest absolute Gasteiger partial charge is 0.416 e. The summed E-state index contributed by atoms with van der Waals surface area (Å²) in [7, 11) is 0. The van der Waals surface area contributed by atoms with Crippen LogP contribution in [-0.4, -0.2) is 21.7 Å². The standard InChI is InChI=1S/C12H11FN2O2S/c1-8-14-15-12(17-8)18-7-10(16)6-9-4-2-3-5-11(9)13/h2-5H,6-7H2,1H3. The minimum absolute atomic E-state index is 0.0762. The van der Waals surface area contributed by atoms with Crippen molar-refractivity contribution in [1.82, 2.24) is 10.2 Å². The molecule has 2 rings (SSSR count). The molecule has 0 N–H and O–H groups in total. The van der Waals surface area contributed by atoms with E-state index in [4.69, 9.17) is 4.42 Å². The van der Waals surface area contributed by atoms with Gasteiger partial charge in [-0.2, -0.15) is 0 Å². The highest BCUT2D eigenvalue weighted by molar-refractivity contribution is 7.99. The van der Waals surface area contributed by atoms with Crippen molar-refractivity contribution in [2.75, 3.05) is 5.75 Å². The lowest BCUT2D eigenvalue weighted by Crippen LogP contribution is -2.07. The predicted molar refractivity (Wildman–Crippen MR) is 64.9 cm³/mol. The number of benzene rings is 1. The van der Waals surface area contributed by atoms with Crippen molar-refractivity contribution in [3.8, 4) is 0 Å². The average molecular weight is 266 g/mol. The van der Waals surface area contributed by atoms with Crippen LogP contribution in [0.4, 0.5) is 4.39 Å². The second-order valence-corrected chi connectivity index (χ2v) is 4.61. The lowest BCUT2D eigenvalue weighted by atomic mass is 10.1. The highest BCUT2D eigenvalue weighted by Gasteiger charge is 2.10. The SMILES string of the molecule is Cc1nnc(SCC(=O)Cc2ccccc2F)o1. The van der Waals surface area contributed by atoms with E-state index in [1.807, 2.05) is 0 Å². The minimum Gasteiger partial charge on any atom is -0.416 e. The predicted octanol–water partition coefficient (Wildman–Crippen LogP) is 2.42. The van der Waals surface area contributed by atoms with Crippen LogP contribution in [0.1, 0.15) is 11.5 Å². The summed E-state index contributed by atoms with van der Waals surface area (Å²) in [5.41, 5.74) is 0.407. The number of carbonyl (C=O) groups excluding carboxylic acids is 1. The van der Waals surface area contributed by atoms with Crippen molar-refractivity contribution in [2.24, 2.45) is 0 Å². The molecule has 0 saturated carbocycles. The zero-order valence-electron chi connectivity index (χ0n) is 9.72. The Kier molecular flexibility index (Phi) is 4.09. The van der Waals surface area contributed by atoms with Crippen LogP contribution in [0.5, 0.6) is 0 Å². The molecule has 6 heteroatoms. The molecule has 0 atom stereocenters. The number of carbonyl (C=O) groups is 1. The third-order valence-electron chi connectivity index (χ3n) is 2.21. The lowest BCUT2D eigenvalue weighted by molar-refractivity contribution is -0.116. The van der Waals surface area contributed by atoms with Crippen LogP contribution < -0.4 is 0 Å². The Labute approximate surface area is 108 Å². The van der Waals surface area contributed by atoms with E-state index < -0.39 is 0 Å². The van der Waals surface area contributed by atoms with Gasteiger partial charge >= 0.3 is 0 Å². The van der Waals surface area contributed by atoms with Gasteiger partial charge in [0, 0.05) is 13.3 Å². The number of hydrogen-bond donors (Lipinski definition) is 0. The molecule has 1 heterocycles. The minimum atomic E-state index is -0.357. The number of Topliss-reactive ketones (excluding diaryl/α,β-unsaturated/α-hetero) is 1. The van der Waals surface area contributed by atoms with Crippen LogP contribution in [0.25, 0.3) is 0 Å². The first kappa shape index (κ1) is 12.8. The molecule has 0 spiro atoms. The highest BCUT2D eigenvalue weighted by atomic mass is 32.2. The highest BCUT2D eigenvalue weighted by Crippen LogP contribution is 2.17. The zero-order valence-corrected chi connectivity index (χ0v) is 10.5. The van der Waals surface area contributed by atoms with E-state index in [2.05, 4.69) is 10.2 Å². The number of ketones is 1. The molecule has 2 aromatic rings. The van der Waals surface area contributed by atoms with E-state index in [9.17, 15) is 9.18 Å². The number of halogens is 1. The Morgan fingerprint density at radius 1 is 1.39 bits per heavy atom. The van der Waals surface area contributed by atoms with Gasteiger partial charge in [0.1, 0.15) is 11.6 Å². The number of nitrogens with zero attached hydrogens (tertiary/aromatic N) is 2. The molecule has 0 aliphatic carbocycles. The molecule has 4 nitrogen and oxygen atoms in total. The van der Waals surface area contributed by atoms with Crippen LogP contribution in [0.3, 0.4) is 0 Å². The maximum absolute atomic E-state index is 13.3. The number of rotatable bonds is 5. The second kappa shape index (κ2) is 5.77. The zero-order chi connectivity index (χ0) is 13.0. The van der Waals surface area contributed by atoms with Gasteiger partial charge in [0.2, 0.25) is 5.89 Å². The summed E-state index contributed by atoms with van der Waals surface area (Å²) in [6, 6.07) is 6.26. The molecule has 18 heavy (non-hydrogen) atoms. The number of thioether (sulfide) groups is 1. The summed E-state index contributed by atoms with van der Waals surface area (Å²) in [5.74, 6) is 0.208. The molecule has 0 aliphatic rings. The Balaban J connectivity index is 1.88. The Bertz CT molecular complexity index is 557. The van der Waals surface area contributed by atoms with Crippen LogP contribution >= 0.6 is 11.8 Å². The maximum atomic E-state index is 13.3. The smallest absolute Gasteiger partial charge is 0.276 e. The molecular formula is C12H11FN2O2S. The molecule has 1 aromatic carbocycles. The van der Waals surface area contributed by atoms with Crippen molar-refractivity contribution in [3.05, 3.63) is 41.5 Å². The van der Waals surface area contributed by atoms with E-state index in [1.165, 1.54) is 6.07 Å². The summed E-state index contributed by atoms with van der Waals surface area (Å²) in [4.78, 5) is 11.7. The van der Waals surface area contributed by atoms with Gasteiger partial charge in [-0.1, -0.05) is 30.0 Å². The first-order chi connectivity index (χ1) is 8.65. The fourth-order valence-corrected chi connectivity index (χ4v) is 2.05. The molecule has 0 saturated heterocycles. The first-order valence-corrected chi connectivity index (χ1v) is 6.31. The van der Waals surface area contributed by atoms with Crippen LogP contribution in [-0.2, 0) is 11.2 Å². The van der Waals surface area contributed by atoms with Gasteiger partial charge in [0.15, 0.2) is 0 Å². The maximum Gasteiger partial charge on any atom is 0.276 e. The van der Waals surface area contributed by atoms with Crippen molar-refractivity contribution < 1.29 is 13.6 Å². The second-order valence-electron chi connectivity index (χ2n) is 3.68. The molecule has 0 unspecified atom stereocenters.